The molecule has 0 aliphatic carbocycles. The summed E-state index contributed by atoms with van der Waals surface area (Å²) in [6, 6.07) is 2.99. The van der Waals surface area contributed by atoms with Gasteiger partial charge >= 0.3 is 0 Å². The predicted octanol–water partition coefficient (Wildman–Crippen LogP) is 1.63. The molecular formula is C11H12BrN5O2S. The van der Waals surface area contributed by atoms with Gasteiger partial charge in [0.15, 0.2) is 5.82 Å². The Kier molecular flexibility index (Phi) is 4.21. The van der Waals surface area contributed by atoms with Crippen LogP contribution in [-0.2, 0) is 10.0 Å². The number of nitrogens with zero attached hydrogens (tertiary/aromatic N) is 2. The molecule has 0 unspecified atom stereocenters. The molecule has 7 nitrogen and oxygen atoms in total. The van der Waals surface area contributed by atoms with Crippen LogP contribution in [0.5, 0.6) is 0 Å². The van der Waals surface area contributed by atoms with Crippen LogP contribution in [0, 0.1) is 6.92 Å². The second-order valence-corrected chi connectivity index (χ2v) is 6.51. The van der Waals surface area contributed by atoms with E-state index in [0.29, 0.717) is 15.7 Å². The number of aromatic nitrogens is 2. The van der Waals surface area contributed by atoms with E-state index in [9.17, 15) is 8.42 Å². The Morgan fingerprint density at radius 2 is 2.10 bits per heavy atom. The molecule has 4 N–H and O–H groups in total. The van der Waals surface area contributed by atoms with Gasteiger partial charge < -0.3 is 5.43 Å². The van der Waals surface area contributed by atoms with Crippen molar-refractivity contribution in [3.05, 3.63) is 40.8 Å². The van der Waals surface area contributed by atoms with Gasteiger partial charge in [0.1, 0.15) is 4.90 Å². The lowest BCUT2D eigenvalue weighted by Gasteiger charge is -2.12. The summed E-state index contributed by atoms with van der Waals surface area (Å²) in [6.45, 7) is 1.76. The highest BCUT2D eigenvalue weighted by Gasteiger charge is 2.20. The van der Waals surface area contributed by atoms with Gasteiger partial charge in [-0.1, -0.05) is 0 Å². The molecule has 0 spiro atoms. The fourth-order valence-corrected chi connectivity index (χ4v) is 3.28. The highest BCUT2D eigenvalue weighted by Crippen LogP contribution is 2.25. The molecule has 0 saturated heterocycles. The first-order valence-electron chi connectivity index (χ1n) is 5.49. The Bertz CT molecular complexity index is 735. The molecule has 0 atom stereocenters. The average molecular weight is 358 g/mol. The maximum absolute atomic E-state index is 12.4. The topological polar surface area (TPSA) is 110 Å². The standard InChI is InChI=1S/C11H12BrN5O2S/c1-7-5-14-3-2-9(7)17-20(18,19)10-4-8(12)6-15-11(10)16-13/h2-6H,13H2,1H3,(H,14,17)(H,15,16). The molecule has 0 bridgehead atoms. The Labute approximate surface area is 124 Å². The summed E-state index contributed by atoms with van der Waals surface area (Å²) in [4.78, 5) is 7.77. The second kappa shape index (κ2) is 5.73. The number of pyridine rings is 2. The monoisotopic (exact) mass is 357 g/mol. The van der Waals surface area contributed by atoms with Gasteiger partial charge in [-0.3, -0.25) is 9.71 Å². The molecule has 0 saturated carbocycles. The predicted molar refractivity (Wildman–Crippen MR) is 79.5 cm³/mol. The van der Waals surface area contributed by atoms with Crippen molar-refractivity contribution in [3.8, 4) is 0 Å². The van der Waals surface area contributed by atoms with E-state index in [4.69, 9.17) is 5.84 Å². The minimum atomic E-state index is -3.81. The van der Waals surface area contributed by atoms with E-state index >= 15 is 0 Å². The van der Waals surface area contributed by atoms with Crippen LogP contribution in [0.4, 0.5) is 11.5 Å². The minimum absolute atomic E-state index is 0.0504. The normalized spacial score (nSPS) is 11.2. The molecule has 0 aliphatic rings. The molecule has 2 aromatic rings. The summed E-state index contributed by atoms with van der Waals surface area (Å²) in [5.41, 5.74) is 3.42. The number of nitrogens with two attached hydrogens (primary N) is 1. The third-order valence-electron chi connectivity index (χ3n) is 2.51. The summed E-state index contributed by atoms with van der Waals surface area (Å²) in [7, 11) is -3.81. The largest absolute Gasteiger partial charge is 0.307 e. The lowest BCUT2D eigenvalue weighted by molar-refractivity contribution is 0.601. The van der Waals surface area contributed by atoms with Crippen molar-refractivity contribution in [1.29, 1.82) is 0 Å². The lowest BCUT2D eigenvalue weighted by atomic mass is 10.3. The zero-order valence-electron chi connectivity index (χ0n) is 10.5. The van der Waals surface area contributed by atoms with Crippen molar-refractivity contribution in [2.45, 2.75) is 11.8 Å². The van der Waals surface area contributed by atoms with Gasteiger partial charge in [0, 0.05) is 23.1 Å². The highest BCUT2D eigenvalue weighted by atomic mass is 79.9. The van der Waals surface area contributed by atoms with Crippen molar-refractivity contribution >= 4 is 37.5 Å². The first kappa shape index (κ1) is 14.7. The molecule has 106 valence electrons. The van der Waals surface area contributed by atoms with Crippen molar-refractivity contribution in [1.82, 2.24) is 9.97 Å². The van der Waals surface area contributed by atoms with E-state index in [2.05, 4.69) is 36.0 Å². The van der Waals surface area contributed by atoms with E-state index in [1.807, 2.05) is 0 Å². The van der Waals surface area contributed by atoms with Crippen molar-refractivity contribution in [2.24, 2.45) is 5.84 Å². The zero-order valence-corrected chi connectivity index (χ0v) is 12.9. The van der Waals surface area contributed by atoms with Crippen LogP contribution < -0.4 is 16.0 Å². The van der Waals surface area contributed by atoms with Crippen LogP contribution in [0.25, 0.3) is 0 Å². The number of aryl methyl sites for hydroxylation is 1. The molecule has 0 fully saturated rings. The number of rotatable bonds is 4. The molecular weight excluding hydrogens is 346 g/mol. The number of hydrogen-bond acceptors (Lipinski definition) is 6. The van der Waals surface area contributed by atoms with Gasteiger partial charge in [0.2, 0.25) is 0 Å². The number of sulfonamides is 1. The molecule has 2 rings (SSSR count). The number of nitrogen functional groups attached to an aromatic ring is 1. The van der Waals surface area contributed by atoms with Crippen molar-refractivity contribution in [2.75, 3.05) is 10.1 Å². The Balaban J connectivity index is 2.46. The van der Waals surface area contributed by atoms with Crippen molar-refractivity contribution in [3.63, 3.8) is 0 Å². The number of nitrogens with one attached hydrogen (secondary N) is 2. The zero-order chi connectivity index (χ0) is 14.8. The first-order chi connectivity index (χ1) is 9.44. The maximum Gasteiger partial charge on any atom is 0.265 e. The quantitative estimate of drug-likeness (QED) is 0.566. The summed E-state index contributed by atoms with van der Waals surface area (Å²) in [6.07, 6.45) is 4.52. The molecule has 0 amide bonds. The van der Waals surface area contributed by atoms with Crippen LogP contribution in [0.15, 0.2) is 40.1 Å². The number of anilines is 2. The smallest absolute Gasteiger partial charge is 0.265 e. The molecule has 0 aliphatic heterocycles. The number of hydrogen-bond donors (Lipinski definition) is 3. The third-order valence-corrected chi connectivity index (χ3v) is 4.32. The Hall–Kier alpha value is -1.71. The summed E-state index contributed by atoms with van der Waals surface area (Å²) in [5, 5.41) is 0. The molecule has 0 aromatic carbocycles. The minimum Gasteiger partial charge on any atom is -0.307 e. The van der Waals surface area contributed by atoms with E-state index in [-0.39, 0.29) is 10.7 Å². The fourth-order valence-electron chi connectivity index (χ4n) is 1.52. The Morgan fingerprint density at radius 3 is 2.75 bits per heavy atom. The molecule has 0 radical (unpaired) electrons. The van der Waals surface area contributed by atoms with Crippen molar-refractivity contribution < 1.29 is 8.42 Å². The van der Waals surface area contributed by atoms with Gasteiger partial charge in [-0.2, -0.15) is 0 Å². The van der Waals surface area contributed by atoms with Crippen LogP contribution in [0.2, 0.25) is 0 Å². The van der Waals surface area contributed by atoms with Crippen LogP contribution in [0.1, 0.15) is 5.56 Å². The number of hydrazine groups is 1. The maximum atomic E-state index is 12.4. The van der Waals surface area contributed by atoms with Crippen LogP contribution in [0.3, 0.4) is 0 Å². The number of halogens is 1. The average Bonchev–Trinajstić information content (AvgIpc) is 2.41. The highest BCUT2D eigenvalue weighted by molar-refractivity contribution is 9.10. The van der Waals surface area contributed by atoms with Gasteiger partial charge in [-0.25, -0.2) is 19.2 Å². The summed E-state index contributed by atoms with van der Waals surface area (Å²) < 4.78 is 27.8. The lowest BCUT2D eigenvalue weighted by Crippen LogP contribution is -2.19. The van der Waals surface area contributed by atoms with Gasteiger partial charge in [-0.15, -0.1) is 0 Å². The SMILES string of the molecule is Cc1cnccc1NS(=O)(=O)c1cc(Br)cnc1NN. The van der Waals surface area contributed by atoms with Crippen LogP contribution >= 0.6 is 15.9 Å². The van der Waals surface area contributed by atoms with Gasteiger partial charge in [0.05, 0.1) is 5.69 Å². The van der Waals surface area contributed by atoms with E-state index in [0.717, 1.165) is 0 Å². The third kappa shape index (κ3) is 3.06. The summed E-state index contributed by atoms with van der Waals surface area (Å²) >= 11 is 3.18. The molecule has 2 heterocycles. The molecule has 20 heavy (non-hydrogen) atoms. The molecule has 9 heteroatoms. The Morgan fingerprint density at radius 1 is 1.35 bits per heavy atom. The van der Waals surface area contributed by atoms with E-state index in [1.165, 1.54) is 18.5 Å². The van der Waals surface area contributed by atoms with Gasteiger partial charge in [0.25, 0.3) is 10.0 Å². The second-order valence-electron chi connectivity index (χ2n) is 3.94. The van der Waals surface area contributed by atoms with Gasteiger partial charge in [-0.05, 0) is 40.5 Å². The van der Waals surface area contributed by atoms with E-state index < -0.39 is 10.0 Å². The summed E-state index contributed by atoms with van der Waals surface area (Å²) in [5.74, 6) is 5.35. The van der Waals surface area contributed by atoms with E-state index in [1.54, 1.807) is 19.2 Å². The first-order valence-corrected chi connectivity index (χ1v) is 7.77. The fraction of sp³-hybridized carbons (Fsp3) is 0.0909. The van der Waals surface area contributed by atoms with Crippen LogP contribution in [-0.4, -0.2) is 18.4 Å². The molecule has 2 aromatic heterocycles.